The summed E-state index contributed by atoms with van der Waals surface area (Å²) in [5.41, 5.74) is 1.99. The predicted octanol–water partition coefficient (Wildman–Crippen LogP) is 1.05. The Balaban J connectivity index is 2.78. The average molecular weight is 191 g/mol. The number of aliphatic hydroxyl groups excluding tert-OH is 1. The van der Waals surface area contributed by atoms with Gasteiger partial charge in [-0.1, -0.05) is 0 Å². The smallest absolute Gasteiger partial charge is 0.142 e. The zero-order chi connectivity index (χ0) is 10.6. The Kier molecular flexibility index (Phi) is 3.43. The predicted molar refractivity (Wildman–Crippen MR) is 53.9 cm³/mol. The van der Waals surface area contributed by atoms with Crippen molar-refractivity contribution in [2.24, 2.45) is 0 Å². The van der Waals surface area contributed by atoms with Gasteiger partial charge < -0.3 is 10.4 Å². The minimum Gasteiger partial charge on any atom is -0.392 e. The number of hydrogen-bond donors (Lipinski definition) is 2. The molecule has 0 saturated heterocycles. The Hall–Kier alpha value is -1.60. The van der Waals surface area contributed by atoms with Gasteiger partial charge in [0.05, 0.1) is 6.10 Å². The molecule has 1 heterocycles. The van der Waals surface area contributed by atoms with Crippen LogP contribution >= 0.6 is 0 Å². The first-order valence-electron chi connectivity index (χ1n) is 4.42. The topological polar surface area (TPSA) is 68.9 Å². The van der Waals surface area contributed by atoms with Crippen LogP contribution in [0.15, 0.2) is 12.1 Å². The lowest BCUT2D eigenvalue weighted by Crippen LogP contribution is -2.15. The number of nitrogens with zero attached hydrogens (tertiary/aromatic N) is 2. The highest BCUT2D eigenvalue weighted by molar-refractivity contribution is 5.47. The third-order valence-electron chi connectivity index (χ3n) is 1.67. The van der Waals surface area contributed by atoms with Crippen LogP contribution in [-0.4, -0.2) is 22.7 Å². The van der Waals surface area contributed by atoms with Crippen molar-refractivity contribution in [1.82, 2.24) is 4.98 Å². The van der Waals surface area contributed by atoms with Crippen molar-refractivity contribution in [2.45, 2.75) is 20.0 Å². The molecule has 0 aliphatic carbocycles. The fraction of sp³-hybridized carbons (Fsp3) is 0.400. The molecule has 14 heavy (non-hydrogen) atoms. The molecule has 0 aliphatic heterocycles. The molecule has 0 fully saturated rings. The van der Waals surface area contributed by atoms with E-state index in [1.165, 1.54) is 0 Å². The first-order chi connectivity index (χ1) is 6.61. The summed E-state index contributed by atoms with van der Waals surface area (Å²) in [7, 11) is 0. The van der Waals surface area contributed by atoms with Gasteiger partial charge in [-0.05, 0) is 26.0 Å². The summed E-state index contributed by atoms with van der Waals surface area (Å²) >= 11 is 0. The van der Waals surface area contributed by atoms with Gasteiger partial charge in [0.25, 0.3) is 0 Å². The van der Waals surface area contributed by atoms with Crippen LogP contribution in [0.1, 0.15) is 18.3 Å². The number of rotatable bonds is 3. The van der Waals surface area contributed by atoms with Crippen LogP contribution in [0.3, 0.4) is 0 Å². The summed E-state index contributed by atoms with van der Waals surface area (Å²) in [6.45, 7) is 4.00. The maximum absolute atomic E-state index is 9.07. The lowest BCUT2D eigenvalue weighted by molar-refractivity contribution is 0.208. The van der Waals surface area contributed by atoms with Gasteiger partial charge in [-0.25, -0.2) is 4.98 Å². The van der Waals surface area contributed by atoms with E-state index in [-0.39, 0.29) is 0 Å². The van der Waals surface area contributed by atoms with E-state index in [1.807, 2.05) is 19.1 Å². The summed E-state index contributed by atoms with van der Waals surface area (Å²) in [6.07, 6.45) is -0.408. The van der Waals surface area contributed by atoms with Crippen LogP contribution in [0, 0.1) is 18.3 Å². The fourth-order valence-electron chi connectivity index (χ4n) is 1.09. The zero-order valence-corrected chi connectivity index (χ0v) is 8.28. The van der Waals surface area contributed by atoms with Crippen LogP contribution in [-0.2, 0) is 0 Å². The number of nitriles is 1. The molecule has 0 aliphatic rings. The molecule has 1 rings (SSSR count). The summed E-state index contributed by atoms with van der Waals surface area (Å²) in [5, 5.41) is 20.8. The van der Waals surface area contributed by atoms with E-state index in [9.17, 15) is 0 Å². The van der Waals surface area contributed by atoms with Crippen molar-refractivity contribution < 1.29 is 5.11 Å². The van der Waals surface area contributed by atoms with E-state index in [0.717, 1.165) is 11.4 Å². The quantitative estimate of drug-likeness (QED) is 0.749. The van der Waals surface area contributed by atoms with Crippen molar-refractivity contribution in [3.8, 4) is 6.07 Å². The average Bonchev–Trinajstić information content (AvgIpc) is 2.14. The largest absolute Gasteiger partial charge is 0.392 e. The number of anilines is 1. The van der Waals surface area contributed by atoms with E-state index in [0.29, 0.717) is 12.2 Å². The molecule has 2 N–H and O–H groups in total. The molecule has 0 aromatic carbocycles. The molecule has 4 nitrogen and oxygen atoms in total. The molecule has 1 atom stereocenters. The van der Waals surface area contributed by atoms with Crippen LogP contribution in [0.25, 0.3) is 0 Å². The Bertz CT molecular complexity index is 355. The lowest BCUT2D eigenvalue weighted by atomic mass is 10.2. The van der Waals surface area contributed by atoms with E-state index in [2.05, 4.69) is 10.3 Å². The highest BCUT2D eigenvalue weighted by atomic mass is 16.3. The van der Waals surface area contributed by atoms with Crippen LogP contribution in [0.4, 0.5) is 5.69 Å². The van der Waals surface area contributed by atoms with E-state index in [4.69, 9.17) is 10.4 Å². The molecule has 1 aromatic heterocycles. The van der Waals surface area contributed by atoms with Gasteiger partial charge in [0.2, 0.25) is 0 Å². The monoisotopic (exact) mass is 191 g/mol. The molecule has 1 aromatic rings. The van der Waals surface area contributed by atoms with E-state index < -0.39 is 6.10 Å². The number of aromatic nitrogens is 1. The zero-order valence-electron chi connectivity index (χ0n) is 8.28. The lowest BCUT2D eigenvalue weighted by Gasteiger charge is -2.08. The van der Waals surface area contributed by atoms with Gasteiger partial charge in [0.15, 0.2) is 0 Å². The summed E-state index contributed by atoms with van der Waals surface area (Å²) in [5.74, 6) is 0. The summed E-state index contributed by atoms with van der Waals surface area (Å²) in [4.78, 5) is 4.02. The molecule has 4 heteroatoms. The van der Waals surface area contributed by atoms with Gasteiger partial charge in [-0.3, -0.25) is 0 Å². The molecule has 0 spiro atoms. The highest BCUT2D eigenvalue weighted by Crippen LogP contribution is 2.10. The Labute approximate surface area is 83.2 Å². The molecule has 74 valence electrons. The SMILES string of the molecule is Cc1cc(NC[C@H](C)O)cc(C#N)n1. The van der Waals surface area contributed by atoms with Gasteiger partial charge in [-0.15, -0.1) is 0 Å². The van der Waals surface area contributed by atoms with Gasteiger partial charge in [-0.2, -0.15) is 5.26 Å². The van der Waals surface area contributed by atoms with Crippen LogP contribution in [0.5, 0.6) is 0 Å². The maximum Gasteiger partial charge on any atom is 0.142 e. The van der Waals surface area contributed by atoms with Gasteiger partial charge >= 0.3 is 0 Å². The Morgan fingerprint density at radius 2 is 2.36 bits per heavy atom. The third kappa shape index (κ3) is 3.04. The molecular weight excluding hydrogens is 178 g/mol. The molecule has 0 saturated carbocycles. The fourth-order valence-corrected chi connectivity index (χ4v) is 1.09. The van der Waals surface area contributed by atoms with E-state index in [1.54, 1.807) is 13.0 Å². The van der Waals surface area contributed by atoms with Gasteiger partial charge in [0.1, 0.15) is 11.8 Å². The second-order valence-electron chi connectivity index (χ2n) is 3.22. The summed E-state index contributed by atoms with van der Waals surface area (Å²) < 4.78 is 0. The standard InChI is InChI=1S/C10H13N3O/c1-7-3-9(12-6-8(2)14)4-10(5-11)13-7/h3-4,8,14H,6H2,1-2H3,(H,12,13)/t8-/m0/s1. The number of nitrogens with one attached hydrogen (secondary N) is 1. The number of hydrogen-bond acceptors (Lipinski definition) is 4. The van der Waals surface area contributed by atoms with Crippen LogP contribution < -0.4 is 5.32 Å². The highest BCUT2D eigenvalue weighted by Gasteiger charge is 2.00. The normalized spacial score (nSPS) is 11.9. The van der Waals surface area contributed by atoms with Crippen molar-refractivity contribution >= 4 is 5.69 Å². The van der Waals surface area contributed by atoms with Gasteiger partial charge in [0, 0.05) is 17.9 Å². The van der Waals surface area contributed by atoms with Crippen molar-refractivity contribution in [3.63, 3.8) is 0 Å². The maximum atomic E-state index is 9.07. The molecule has 0 amide bonds. The second kappa shape index (κ2) is 4.58. The first-order valence-corrected chi connectivity index (χ1v) is 4.42. The minimum absolute atomic E-state index is 0.387. The van der Waals surface area contributed by atoms with E-state index >= 15 is 0 Å². The molecule has 0 bridgehead atoms. The Morgan fingerprint density at radius 1 is 1.64 bits per heavy atom. The number of aryl methyl sites for hydroxylation is 1. The van der Waals surface area contributed by atoms with Crippen molar-refractivity contribution in [1.29, 1.82) is 5.26 Å². The minimum atomic E-state index is -0.408. The Morgan fingerprint density at radius 3 is 2.93 bits per heavy atom. The number of pyridine rings is 1. The third-order valence-corrected chi connectivity index (χ3v) is 1.67. The summed E-state index contributed by atoms with van der Waals surface area (Å²) in [6, 6.07) is 5.48. The van der Waals surface area contributed by atoms with Crippen molar-refractivity contribution in [3.05, 3.63) is 23.5 Å². The molecule has 0 radical (unpaired) electrons. The van der Waals surface area contributed by atoms with Crippen molar-refractivity contribution in [2.75, 3.05) is 11.9 Å². The molecule has 0 unspecified atom stereocenters. The van der Waals surface area contributed by atoms with Crippen LogP contribution in [0.2, 0.25) is 0 Å². The molecular formula is C10H13N3O. The number of aliphatic hydroxyl groups is 1. The second-order valence-corrected chi connectivity index (χ2v) is 3.22. The first kappa shape index (κ1) is 10.5.